The van der Waals surface area contributed by atoms with Crippen LogP contribution in [-0.2, 0) is 10.2 Å². The number of hydrogen-bond donors (Lipinski definition) is 2. The van der Waals surface area contributed by atoms with Gasteiger partial charge in [0, 0.05) is 25.8 Å². The first-order chi connectivity index (χ1) is 10.7. The number of nitrogens with zero attached hydrogens (tertiary/aromatic N) is 1. The minimum atomic E-state index is -0.324. The summed E-state index contributed by atoms with van der Waals surface area (Å²) in [6, 6.07) is 7.49. The largest absolute Gasteiger partial charge is 0.342 e. The van der Waals surface area contributed by atoms with Crippen molar-refractivity contribution in [2.45, 2.75) is 37.5 Å². The number of benzene rings is 1. The van der Waals surface area contributed by atoms with Crippen LogP contribution in [-0.4, -0.2) is 37.0 Å². The number of likely N-dealkylation sites (tertiary alicyclic amines) is 1. The first-order valence-corrected chi connectivity index (χ1v) is 8.04. The molecule has 1 aliphatic carbocycles. The van der Waals surface area contributed by atoms with Crippen molar-refractivity contribution in [1.29, 1.82) is 0 Å². The third-order valence-electron chi connectivity index (χ3n) is 4.93. The van der Waals surface area contributed by atoms with Crippen molar-refractivity contribution in [2.75, 3.05) is 25.5 Å². The zero-order valence-electron chi connectivity index (χ0n) is 13.0. The van der Waals surface area contributed by atoms with E-state index in [1.165, 1.54) is 0 Å². The molecule has 5 heteroatoms. The molecule has 3 rings (SSSR count). The lowest BCUT2D eigenvalue weighted by molar-refractivity contribution is -0.139. The van der Waals surface area contributed by atoms with Crippen LogP contribution in [0, 0.1) is 0 Å². The maximum Gasteiger partial charge on any atom is 0.318 e. The molecule has 0 radical (unpaired) electrons. The first-order valence-electron chi connectivity index (χ1n) is 8.04. The highest BCUT2D eigenvalue weighted by molar-refractivity contribution is 5.91. The SMILES string of the molecule is CNC(=O)Nc1ccc(C2(C(=O)N3CCCC3)CCC2)cc1. The fourth-order valence-electron chi connectivity index (χ4n) is 3.45. The van der Waals surface area contributed by atoms with E-state index >= 15 is 0 Å². The molecule has 0 aromatic heterocycles. The molecular formula is C17H23N3O2. The van der Waals surface area contributed by atoms with Crippen molar-refractivity contribution >= 4 is 17.6 Å². The quantitative estimate of drug-likeness (QED) is 0.901. The summed E-state index contributed by atoms with van der Waals surface area (Å²) in [7, 11) is 1.59. The number of anilines is 1. The van der Waals surface area contributed by atoms with Gasteiger partial charge in [0.1, 0.15) is 0 Å². The lowest BCUT2D eigenvalue weighted by atomic mass is 9.63. The van der Waals surface area contributed by atoms with Crippen LogP contribution >= 0.6 is 0 Å². The summed E-state index contributed by atoms with van der Waals surface area (Å²) in [5.74, 6) is 0.295. The van der Waals surface area contributed by atoms with Gasteiger partial charge in [0.2, 0.25) is 5.91 Å². The van der Waals surface area contributed by atoms with E-state index in [4.69, 9.17) is 0 Å². The van der Waals surface area contributed by atoms with Gasteiger partial charge in [0.15, 0.2) is 0 Å². The second kappa shape index (κ2) is 5.99. The van der Waals surface area contributed by atoms with Crippen LogP contribution in [0.1, 0.15) is 37.7 Å². The van der Waals surface area contributed by atoms with Gasteiger partial charge >= 0.3 is 6.03 Å². The highest BCUT2D eigenvalue weighted by atomic mass is 16.2. The zero-order valence-corrected chi connectivity index (χ0v) is 13.0. The molecule has 2 N–H and O–H groups in total. The Morgan fingerprint density at radius 2 is 1.68 bits per heavy atom. The molecule has 0 bridgehead atoms. The molecule has 118 valence electrons. The van der Waals surface area contributed by atoms with Gasteiger partial charge < -0.3 is 15.5 Å². The second-order valence-corrected chi connectivity index (χ2v) is 6.22. The predicted octanol–water partition coefficient (Wildman–Crippen LogP) is 2.48. The van der Waals surface area contributed by atoms with E-state index < -0.39 is 0 Å². The molecule has 1 aromatic rings. The molecular weight excluding hydrogens is 278 g/mol. The van der Waals surface area contributed by atoms with E-state index in [0.717, 1.165) is 56.4 Å². The Hall–Kier alpha value is -2.04. The van der Waals surface area contributed by atoms with Gasteiger partial charge in [-0.25, -0.2) is 4.79 Å². The number of nitrogens with one attached hydrogen (secondary N) is 2. The van der Waals surface area contributed by atoms with Gasteiger partial charge in [0.05, 0.1) is 5.41 Å². The molecule has 2 aliphatic rings. The summed E-state index contributed by atoms with van der Waals surface area (Å²) < 4.78 is 0. The Morgan fingerprint density at radius 1 is 1.05 bits per heavy atom. The van der Waals surface area contributed by atoms with Crippen LogP contribution in [0.4, 0.5) is 10.5 Å². The molecule has 0 unspecified atom stereocenters. The van der Waals surface area contributed by atoms with Crippen molar-refractivity contribution in [1.82, 2.24) is 10.2 Å². The van der Waals surface area contributed by atoms with E-state index in [0.29, 0.717) is 5.91 Å². The van der Waals surface area contributed by atoms with E-state index in [1.807, 2.05) is 29.2 Å². The lowest BCUT2D eigenvalue weighted by Gasteiger charge is -2.43. The van der Waals surface area contributed by atoms with Crippen molar-refractivity contribution in [3.63, 3.8) is 0 Å². The summed E-state index contributed by atoms with van der Waals surface area (Å²) in [5.41, 5.74) is 1.50. The van der Waals surface area contributed by atoms with Gasteiger partial charge in [-0.15, -0.1) is 0 Å². The zero-order chi connectivity index (χ0) is 15.6. The molecule has 5 nitrogen and oxygen atoms in total. The Morgan fingerprint density at radius 3 is 2.18 bits per heavy atom. The second-order valence-electron chi connectivity index (χ2n) is 6.22. The third kappa shape index (κ3) is 2.56. The van der Waals surface area contributed by atoms with Crippen LogP contribution in [0.25, 0.3) is 0 Å². The number of rotatable bonds is 3. The third-order valence-corrected chi connectivity index (χ3v) is 4.93. The molecule has 1 heterocycles. The van der Waals surface area contributed by atoms with Gasteiger partial charge in [-0.05, 0) is 43.4 Å². The fraction of sp³-hybridized carbons (Fsp3) is 0.529. The number of urea groups is 1. The molecule has 3 amide bonds. The van der Waals surface area contributed by atoms with Crippen LogP contribution in [0.5, 0.6) is 0 Å². The Kier molecular flexibility index (Phi) is 4.05. The lowest BCUT2D eigenvalue weighted by Crippen LogP contribution is -2.50. The van der Waals surface area contributed by atoms with Crippen molar-refractivity contribution < 1.29 is 9.59 Å². The van der Waals surface area contributed by atoms with E-state index in [-0.39, 0.29) is 11.4 Å². The molecule has 2 fully saturated rings. The summed E-state index contributed by atoms with van der Waals surface area (Å²) in [6.45, 7) is 1.80. The smallest absolute Gasteiger partial charge is 0.318 e. The molecule has 1 aliphatic heterocycles. The minimum absolute atomic E-state index is 0.237. The molecule has 0 atom stereocenters. The topological polar surface area (TPSA) is 61.4 Å². The standard InChI is InChI=1S/C17H23N3O2/c1-18-16(22)19-14-7-5-13(6-8-14)17(9-4-10-17)15(21)20-11-2-3-12-20/h5-8H,2-4,9-12H2,1H3,(H2,18,19,22). The first kappa shape index (κ1) is 14.9. The Bertz CT molecular complexity index is 558. The Labute approximate surface area is 131 Å². The van der Waals surface area contributed by atoms with E-state index in [9.17, 15) is 9.59 Å². The summed E-state index contributed by atoms with van der Waals surface area (Å²) in [6.07, 6.45) is 5.22. The summed E-state index contributed by atoms with van der Waals surface area (Å²) in [5, 5.41) is 5.27. The molecule has 1 saturated heterocycles. The molecule has 1 saturated carbocycles. The van der Waals surface area contributed by atoms with Gasteiger partial charge in [0.25, 0.3) is 0 Å². The molecule has 22 heavy (non-hydrogen) atoms. The van der Waals surface area contributed by atoms with Crippen LogP contribution in [0.3, 0.4) is 0 Å². The van der Waals surface area contributed by atoms with Crippen molar-refractivity contribution in [3.8, 4) is 0 Å². The highest BCUT2D eigenvalue weighted by Crippen LogP contribution is 2.45. The average molecular weight is 301 g/mol. The number of amides is 3. The number of carbonyl (C=O) groups excluding carboxylic acids is 2. The fourth-order valence-corrected chi connectivity index (χ4v) is 3.45. The van der Waals surface area contributed by atoms with Gasteiger partial charge in [-0.2, -0.15) is 0 Å². The van der Waals surface area contributed by atoms with Gasteiger partial charge in [-0.3, -0.25) is 4.79 Å². The summed E-state index contributed by atoms with van der Waals surface area (Å²) >= 11 is 0. The predicted molar refractivity (Wildman–Crippen MR) is 85.9 cm³/mol. The molecule has 1 aromatic carbocycles. The number of carbonyl (C=O) groups is 2. The molecule has 0 spiro atoms. The summed E-state index contributed by atoms with van der Waals surface area (Å²) in [4.78, 5) is 26.3. The maximum atomic E-state index is 12.9. The Balaban J connectivity index is 1.78. The monoisotopic (exact) mass is 301 g/mol. The average Bonchev–Trinajstić information content (AvgIpc) is 3.02. The van der Waals surface area contributed by atoms with Gasteiger partial charge in [-0.1, -0.05) is 18.6 Å². The van der Waals surface area contributed by atoms with Crippen LogP contribution in [0.2, 0.25) is 0 Å². The normalized spacial score (nSPS) is 19.4. The van der Waals surface area contributed by atoms with E-state index in [1.54, 1.807) is 7.05 Å². The maximum absolute atomic E-state index is 12.9. The number of hydrogen-bond acceptors (Lipinski definition) is 2. The van der Waals surface area contributed by atoms with Crippen LogP contribution < -0.4 is 10.6 Å². The minimum Gasteiger partial charge on any atom is -0.342 e. The van der Waals surface area contributed by atoms with E-state index in [2.05, 4.69) is 10.6 Å². The van der Waals surface area contributed by atoms with Crippen molar-refractivity contribution in [2.24, 2.45) is 0 Å². The van der Waals surface area contributed by atoms with Crippen molar-refractivity contribution in [3.05, 3.63) is 29.8 Å². The highest BCUT2D eigenvalue weighted by Gasteiger charge is 2.47. The van der Waals surface area contributed by atoms with Crippen LogP contribution in [0.15, 0.2) is 24.3 Å².